The lowest BCUT2D eigenvalue weighted by atomic mass is 9.95. The largest absolute Gasteiger partial charge is 0.479 e. The van der Waals surface area contributed by atoms with E-state index in [2.05, 4.69) is 0 Å². The van der Waals surface area contributed by atoms with Gasteiger partial charge in [0.1, 0.15) is 0 Å². The average molecular weight is 360 g/mol. The Morgan fingerprint density at radius 2 is 1.81 bits per heavy atom. The van der Waals surface area contributed by atoms with Crippen LogP contribution in [0.3, 0.4) is 0 Å². The van der Waals surface area contributed by atoms with Crippen molar-refractivity contribution in [2.75, 3.05) is 32.8 Å². The third-order valence-corrected chi connectivity index (χ3v) is 5.01. The highest BCUT2D eigenvalue weighted by atomic mass is 16.5. The van der Waals surface area contributed by atoms with E-state index in [1.807, 2.05) is 31.2 Å². The average Bonchev–Trinajstić information content (AvgIpc) is 2.67. The molecule has 2 aliphatic heterocycles. The van der Waals surface area contributed by atoms with Crippen LogP contribution in [0.25, 0.3) is 0 Å². The highest BCUT2D eigenvalue weighted by molar-refractivity contribution is 5.94. The van der Waals surface area contributed by atoms with Gasteiger partial charge in [-0.25, -0.2) is 4.79 Å². The minimum atomic E-state index is -1.05. The number of benzene rings is 1. The van der Waals surface area contributed by atoms with E-state index in [1.165, 1.54) is 0 Å². The first-order valence-corrected chi connectivity index (χ1v) is 8.95. The standard InChI is InChI=1S/C19H24N2O5/c1-13-4-6-14(7-5-13)17(22)20-8-2-3-15(11-20)18(23)21-9-10-26-16(12-21)19(24)25/h4-7,15-16H,2-3,8-12H2,1H3,(H,24,25). The number of aliphatic carboxylic acids is 1. The molecule has 2 unspecified atom stereocenters. The molecule has 2 saturated heterocycles. The lowest BCUT2D eigenvalue weighted by molar-refractivity contribution is -0.161. The molecule has 26 heavy (non-hydrogen) atoms. The molecule has 0 aromatic heterocycles. The van der Waals surface area contributed by atoms with E-state index in [1.54, 1.807) is 9.80 Å². The quantitative estimate of drug-likeness (QED) is 0.874. The number of ether oxygens (including phenoxy) is 1. The van der Waals surface area contributed by atoms with Gasteiger partial charge in [-0.3, -0.25) is 9.59 Å². The van der Waals surface area contributed by atoms with E-state index in [-0.39, 0.29) is 30.9 Å². The number of amides is 2. The molecular weight excluding hydrogens is 336 g/mol. The number of hydrogen-bond acceptors (Lipinski definition) is 4. The number of piperidine rings is 1. The molecule has 1 aromatic rings. The van der Waals surface area contributed by atoms with Crippen molar-refractivity contribution in [2.45, 2.75) is 25.9 Å². The molecule has 2 amide bonds. The van der Waals surface area contributed by atoms with Crippen molar-refractivity contribution in [3.63, 3.8) is 0 Å². The predicted octanol–water partition coefficient (Wildman–Crippen LogP) is 1.16. The zero-order valence-electron chi connectivity index (χ0n) is 14.9. The summed E-state index contributed by atoms with van der Waals surface area (Å²) in [6, 6.07) is 7.42. The Bertz CT molecular complexity index is 688. The fraction of sp³-hybridized carbons (Fsp3) is 0.526. The van der Waals surface area contributed by atoms with Crippen LogP contribution >= 0.6 is 0 Å². The molecule has 0 spiro atoms. The molecule has 140 valence electrons. The third-order valence-electron chi connectivity index (χ3n) is 5.01. The Kier molecular flexibility index (Phi) is 5.56. The summed E-state index contributed by atoms with van der Waals surface area (Å²) in [7, 11) is 0. The normalized spacial score (nSPS) is 23.6. The molecule has 0 saturated carbocycles. The molecule has 0 radical (unpaired) electrons. The van der Waals surface area contributed by atoms with Gasteiger partial charge in [0.25, 0.3) is 5.91 Å². The van der Waals surface area contributed by atoms with Crippen LogP contribution in [0.1, 0.15) is 28.8 Å². The van der Waals surface area contributed by atoms with Crippen LogP contribution in [0.15, 0.2) is 24.3 Å². The Balaban J connectivity index is 1.64. The van der Waals surface area contributed by atoms with Crippen molar-refractivity contribution in [3.05, 3.63) is 35.4 Å². The molecule has 2 atom stereocenters. The van der Waals surface area contributed by atoms with Crippen LogP contribution in [0.2, 0.25) is 0 Å². The van der Waals surface area contributed by atoms with E-state index < -0.39 is 12.1 Å². The third kappa shape index (κ3) is 4.04. The fourth-order valence-corrected chi connectivity index (χ4v) is 3.50. The summed E-state index contributed by atoms with van der Waals surface area (Å²) in [5, 5.41) is 9.09. The second-order valence-corrected chi connectivity index (χ2v) is 6.94. The minimum absolute atomic E-state index is 0.0621. The summed E-state index contributed by atoms with van der Waals surface area (Å²) in [5.74, 6) is -1.48. The van der Waals surface area contributed by atoms with Crippen molar-refractivity contribution < 1.29 is 24.2 Å². The summed E-state index contributed by atoms with van der Waals surface area (Å²) < 4.78 is 5.18. The van der Waals surface area contributed by atoms with Gasteiger partial charge >= 0.3 is 5.97 Å². The van der Waals surface area contributed by atoms with Gasteiger partial charge in [-0.05, 0) is 31.9 Å². The molecule has 2 aliphatic rings. The highest BCUT2D eigenvalue weighted by Gasteiger charge is 2.35. The molecule has 0 bridgehead atoms. The van der Waals surface area contributed by atoms with E-state index >= 15 is 0 Å². The van der Waals surface area contributed by atoms with Crippen molar-refractivity contribution in [1.29, 1.82) is 0 Å². The summed E-state index contributed by atoms with van der Waals surface area (Å²) in [6.07, 6.45) is 0.508. The number of carbonyl (C=O) groups excluding carboxylic acids is 2. The molecular formula is C19H24N2O5. The van der Waals surface area contributed by atoms with Crippen molar-refractivity contribution >= 4 is 17.8 Å². The van der Waals surface area contributed by atoms with Gasteiger partial charge in [0, 0.05) is 25.2 Å². The summed E-state index contributed by atoms with van der Waals surface area (Å²) in [6.45, 7) is 3.66. The smallest absolute Gasteiger partial charge is 0.334 e. The fourth-order valence-electron chi connectivity index (χ4n) is 3.50. The van der Waals surface area contributed by atoms with E-state index in [9.17, 15) is 14.4 Å². The molecule has 0 aliphatic carbocycles. The maximum atomic E-state index is 12.8. The Labute approximate surface area is 152 Å². The second kappa shape index (κ2) is 7.86. The highest BCUT2D eigenvalue weighted by Crippen LogP contribution is 2.22. The van der Waals surface area contributed by atoms with E-state index in [4.69, 9.17) is 9.84 Å². The van der Waals surface area contributed by atoms with E-state index in [0.29, 0.717) is 31.6 Å². The van der Waals surface area contributed by atoms with Gasteiger partial charge in [-0.1, -0.05) is 17.7 Å². The summed E-state index contributed by atoms with van der Waals surface area (Å²) >= 11 is 0. The van der Waals surface area contributed by atoms with Gasteiger partial charge < -0.3 is 19.6 Å². The van der Waals surface area contributed by atoms with Gasteiger partial charge in [0.15, 0.2) is 6.10 Å². The van der Waals surface area contributed by atoms with Gasteiger partial charge in [0.2, 0.25) is 5.91 Å². The first-order valence-electron chi connectivity index (χ1n) is 8.95. The van der Waals surface area contributed by atoms with Crippen LogP contribution in [-0.4, -0.2) is 71.6 Å². The topological polar surface area (TPSA) is 87.2 Å². The van der Waals surface area contributed by atoms with E-state index in [0.717, 1.165) is 12.0 Å². The SMILES string of the molecule is Cc1ccc(C(=O)N2CCCC(C(=O)N3CCOC(C(=O)O)C3)C2)cc1. The zero-order chi connectivity index (χ0) is 18.7. The number of carboxylic acids is 1. The molecule has 2 fully saturated rings. The lowest BCUT2D eigenvalue weighted by Gasteiger charge is -2.37. The molecule has 7 heteroatoms. The number of morpholine rings is 1. The van der Waals surface area contributed by atoms with Gasteiger partial charge in [0.05, 0.1) is 19.1 Å². The summed E-state index contributed by atoms with van der Waals surface area (Å²) in [5.41, 5.74) is 1.72. The number of hydrogen-bond donors (Lipinski definition) is 1. The predicted molar refractivity (Wildman–Crippen MR) is 93.8 cm³/mol. The zero-order valence-corrected chi connectivity index (χ0v) is 14.9. The van der Waals surface area contributed by atoms with Crippen LogP contribution in [0, 0.1) is 12.8 Å². The molecule has 3 rings (SSSR count). The molecule has 2 heterocycles. The molecule has 7 nitrogen and oxygen atoms in total. The number of rotatable bonds is 3. The number of carboxylic acid groups (broad SMARTS) is 1. The second-order valence-electron chi connectivity index (χ2n) is 6.94. The number of nitrogens with zero attached hydrogens (tertiary/aromatic N) is 2. The van der Waals surface area contributed by atoms with Crippen LogP contribution < -0.4 is 0 Å². The van der Waals surface area contributed by atoms with Crippen molar-refractivity contribution in [3.8, 4) is 0 Å². The maximum absolute atomic E-state index is 12.8. The summed E-state index contributed by atoms with van der Waals surface area (Å²) in [4.78, 5) is 39.9. The first-order chi connectivity index (χ1) is 12.5. The Morgan fingerprint density at radius 3 is 2.50 bits per heavy atom. The monoisotopic (exact) mass is 360 g/mol. The van der Waals surface area contributed by atoms with Crippen molar-refractivity contribution in [1.82, 2.24) is 9.80 Å². The van der Waals surface area contributed by atoms with Gasteiger partial charge in [-0.2, -0.15) is 0 Å². The first kappa shape index (κ1) is 18.4. The van der Waals surface area contributed by atoms with Crippen LogP contribution in [0.4, 0.5) is 0 Å². The van der Waals surface area contributed by atoms with Crippen LogP contribution in [0.5, 0.6) is 0 Å². The number of carbonyl (C=O) groups is 3. The number of aryl methyl sites for hydroxylation is 1. The number of likely N-dealkylation sites (tertiary alicyclic amines) is 1. The molecule has 1 aromatic carbocycles. The maximum Gasteiger partial charge on any atom is 0.334 e. The molecule has 1 N–H and O–H groups in total. The lowest BCUT2D eigenvalue weighted by Crippen LogP contribution is -2.53. The Hall–Kier alpha value is -2.41. The van der Waals surface area contributed by atoms with Crippen LogP contribution in [-0.2, 0) is 14.3 Å². The van der Waals surface area contributed by atoms with Gasteiger partial charge in [-0.15, -0.1) is 0 Å². The minimum Gasteiger partial charge on any atom is -0.479 e. The van der Waals surface area contributed by atoms with Crippen molar-refractivity contribution in [2.24, 2.45) is 5.92 Å². The Morgan fingerprint density at radius 1 is 1.08 bits per heavy atom.